The molecule has 2 aliphatic rings. The summed E-state index contributed by atoms with van der Waals surface area (Å²) in [4.78, 5) is 12.1. The molecule has 0 aromatic heterocycles. The van der Waals surface area contributed by atoms with E-state index >= 15 is 0 Å². The van der Waals surface area contributed by atoms with Gasteiger partial charge in [0.1, 0.15) is 5.75 Å². The highest BCUT2D eigenvalue weighted by Gasteiger charge is 2.30. The molecule has 2 fully saturated rings. The maximum absolute atomic E-state index is 12.1. The third-order valence-electron chi connectivity index (χ3n) is 4.90. The van der Waals surface area contributed by atoms with Gasteiger partial charge in [0.2, 0.25) is 15.9 Å². The van der Waals surface area contributed by atoms with Crippen molar-refractivity contribution >= 4 is 15.9 Å². The highest BCUT2D eigenvalue weighted by molar-refractivity contribution is 7.90. The lowest BCUT2D eigenvalue weighted by atomic mass is 9.78. The first-order chi connectivity index (χ1) is 10.9. The SMILES string of the molecule is CC(C)C1CCCCC1NC(=O)CS(=O)(=O)NCC1CCCO1. The van der Waals surface area contributed by atoms with Gasteiger partial charge in [-0.2, -0.15) is 0 Å². The fraction of sp³-hybridized carbons (Fsp3) is 0.938. The Kier molecular flexibility index (Phi) is 6.85. The quantitative estimate of drug-likeness (QED) is 0.730. The molecule has 134 valence electrons. The lowest BCUT2D eigenvalue weighted by molar-refractivity contribution is -0.120. The number of ether oxygens (including phenoxy) is 1. The standard InChI is InChI=1S/C16H30N2O4S/c1-12(2)14-7-3-4-8-15(14)18-16(19)11-23(20,21)17-10-13-6-5-9-22-13/h12-15,17H,3-11H2,1-2H3,(H,18,19). The monoisotopic (exact) mass is 346 g/mol. The van der Waals surface area contributed by atoms with Crippen LogP contribution in [0.2, 0.25) is 0 Å². The summed E-state index contributed by atoms with van der Waals surface area (Å²) in [5.41, 5.74) is 0. The van der Waals surface area contributed by atoms with E-state index < -0.39 is 21.7 Å². The molecule has 2 rings (SSSR count). The average Bonchev–Trinajstić information content (AvgIpc) is 2.98. The van der Waals surface area contributed by atoms with E-state index in [1.165, 1.54) is 6.42 Å². The summed E-state index contributed by atoms with van der Waals surface area (Å²) in [6.45, 7) is 5.27. The average molecular weight is 346 g/mol. The predicted molar refractivity (Wildman–Crippen MR) is 89.5 cm³/mol. The van der Waals surface area contributed by atoms with Crippen molar-refractivity contribution in [2.45, 2.75) is 64.5 Å². The van der Waals surface area contributed by atoms with Gasteiger partial charge in [0.15, 0.2) is 0 Å². The molecule has 0 spiro atoms. The van der Waals surface area contributed by atoms with Crippen molar-refractivity contribution in [3.05, 3.63) is 0 Å². The van der Waals surface area contributed by atoms with Crippen molar-refractivity contribution in [1.82, 2.24) is 10.0 Å². The number of amides is 1. The first-order valence-corrected chi connectivity index (χ1v) is 10.4. The minimum Gasteiger partial charge on any atom is -0.377 e. The van der Waals surface area contributed by atoms with Crippen LogP contribution >= 0.6 is 0 Å². The van der Waals surface area contributed by atoms with Gasteiger partial charge in [-0.1, -0.05) is 26.7 Å². The first-order valence-electron chi connectivity index (χ1n) is 8.75. The Morgan fingerprint density at radius 1 is 1.17 bits per heavy atom. The second-order valence-electron chi connectivity index (χ2n) is 7.11. The zero-order valence-corrected chi connectivity index (χ0v) is 15.0. The molecule has 1 aliphatic carbocycles. The normalized spacial score (nSPS) is 28.9. The lowest BCUT2D eigenvalue weighted by Crippen LogP contribution is -2.47. The van der Waals surface area contributed by atoms with E-state index in [-0.39, 0.29) is 18.7 Å². The molecule has 1 saturated carbocycles. The van der Waals surface area contributed by atoms with Gasteiger partial charge >= 0.3 is 0 Å². The molecule has 0 radical (unpaired) electrons. The van der Waals surface area contributed by atoms with Gasteiger partial charge in [0.05, 0.1) is 6.10 Å². The van der Waals surface area contributed by atoms with Gasteiger partial charge in [0.25, 0.3) is 0 Å². The molecule has 3 atom stereocenters. The lowest BCUT2D eigenvalue weighted by Gasteiger charge is -2.34. The smallest absolute Gasteiger partial charge is 0.236 e. The van der Waals surface area contributed by atoms with Crippen LogP contribution in [0.4, 0.5) is 0 Å². The molecular weight excluding hydrogens is 316 g/mol. The minimum absolute atomic E-state index is 0.0588. The fourth-order valence-electron chi connectivity index (χ4n) is 3.63. The van der Waals surface area contributed by atoms with Gasteiger partial charge < -0.3 is 10.1 Å². The Labute approximate surface area is 139 Å². The number of rotatable bonds is 7. The molecule has 6 nitrogen and oxygen atoms in total. The summed E-state index contributed by atoms with van der Waals surface area (Å²) in [6, 6.07) is 0.101. The Bertz CT molecular complexity index is 486. The molecule has 1 heterocycles. The van der Waals surface area contributed by atoms with Crippen molar-refractivity contribution in [2.24, 2.45) is 11.8 Å². The number of carbonyl (C=O) groups excluding carboxylic acids is 1. The second kappa shape index (κ2) is 8.44. The van der Waals surface area contributed by atoms with Gasteiger partial charge in [-0.3, -0.25) is 4.79 Å². The van der Waals surface area contributed by atoms with Crippen LogP contribution in [0.1, 0.15) is 52.4 Å². The summed E-state index contributed by atoms with van der Waals surface area (Å²) in [7, 11) is -3.60. The van der Waals surface area contributed by atoms with Gasteiger partial charge in [-0.15, -0.1) is 0 Å². The molecule has 2 N–H and O–H groups in total. The van der Waals surface area contributed by atoms with Crippen LogP contribution in [0.3, 0.4) is 0 Å². The Hall–Kier alpha value is -0.660. The van der Waals surface area contributed by atoms with Crippen LogP contribution in [0.25, 0.3) is 0 Å². The zero-order chi connectivity index (χ0) is 16.9. The Balaban J connectivity index is 1.80. The summed E-state index contributed by atoms with van der Waals surface area (Å²) in [5.74, 6) is 0.0357. The zero-order valence-electron chi connectivity index (χ0n) is 14.2. The van der Waals surface area contributed by atoms with Crippen molar-refractivity contribution in [1.29, 1.82) is 0 Å². The third-order valence-corrected chi connectivity index (χ3v) is 6.15. The van der Waals surface area contributed by atoms with Crippen LogP contribution in [-0.4, -0.2) is 45.4 Å². The molecule has 3 unspecified atom stereocenters. The number of hydrogen-bond acceptors (Lipinski definition) is 4. The number of carbonyl (C=O) groups is 1. The van der Waals surface area contributed by atoms with Crippen LogP contribution in [-0.2, 0) is 19.6 Å². The molecule has 7 heteroatoms. The first kappa shape index (κ1) is 18.7. The summed E-state index contributed by atoms with van der Waals surface area (Å²) < 4.78 is 31.9. The summed E-state index contributed by atoms with van der Waals surface area (Å²) in [6.07, 6.45) is 6.11. The maximum Gasteiger partial charge on any atom is 0.236 e. The highest BCUT2D eigenvalue weighted by atomic mass is 32.2. The third kappa shape index (κ3) is 6.04. The molecule has 1 saturated heterocycles. The molecule has 0 aromatic carbocycles. The van der Waals surface area contributed by atoms with Gasteiger partial charge in [0, 0.05) is 19.2 Å². The molecule has 0 aromatic rings. The van der Waals surface area contributed by atoms with E-state index in [1.54, 1.807) is 0 Å². The van der Waals surface area contributed by atoms with E-state index in [4.69, 9.17) is 4.74 Å². The van der Waals surface area contributed by atoms with Crippen molar-refractivity contribution in [2.75, 3.05) is 18.9 Å². The number of hydrogen-bond donors (Lipinski definition) is 2. The van der Waals surface area contributed by atoms with Gasteiger partial charge in [-0.25, -0.2) is 13.1 Å². The van der Waals surface area contributed by atoms with Crippen LogP contribution < -0.4 is 10.0 Å². The van der Waals surface area contributed by atoms with Crippen molar-refractivity contribution in [3.8, 4) is 0 Å². The molecule has 23 heavy (non-hydrogen) atoms. The summed E-state index contributed by atoms with van der Waals surface area (Å²) >= 11 is 0. The molecule has 0 bridgehead atoms. The van der Waals surface area contributed by atoms with Crippen LogP contribution in [0, 0.1) is 11.8 Å². The minimum atomic E-state index is -3.60. The van der Waals surface area contributed by atoms with Crippen LogP contribution in [0.5, 0.6) is 0 Å². The van der Waals surface area contributed by atoms with E-state index in [2.05, 4.69) is 23.9 Å². The van der Waals surface area contributed by atoms with E-state index in [1.807, 2.05) is 0 Å². The predicted octanol–water partition coefficient (Wildman–Crippen LogP) is 1.42. The summed E-state index contributed by atoms with van der Waals surface area (Å²) in [5, 5.41) is 2.95. The van der Waals surface area contributed by atoms with E-state index in [0.29, 0.717) is 18.4 Å². The molecular formula is C16H30N2O4S. The molecule has 1 amide bonds. The fourth-order valence-corrected chi connectivity index (χ4v) is 4.60. The Morgan fingerprint density at radius 3 is 2.57 bits per heavy atom. The number of sulfonamides is 1. The Morgan fingerprint density at radius 2 is 1.91 bits per heavy atom. The maximum atomic E-state index is 12.1. The van der Waals surface area contributed by atoms with Crippen LogP contribution in [0.15, 0.2) is 0 Å². The second-order valence-corrected chi connectivity index (χ2v) is 8.92. The number of nitrogens with one attached hydrogen (secondary N) is 2. The van der Waals surface area contributed by atoms with Crippen molar-refractivity contribution in [3.63, 3.8) is 0 Å². The van der Waals surface area contributed by atoms with Gasteiger partial charge in [-0.05, 0) is 37.5 Å². The topological polar surface area (TPSA) is 84.5 Å². The van der Waals surface area contributed by atoms with E-state index in [9.17, 15) is 13.2 Å². The largest absolute Gasteiger partial charge is 0.377 e. The van der Waals surface area contributed by atoms with E-state index in [0.717, 1.165) is 32.1 Å². The highest BCUT2D eigenvalue weighted by Crippen LogP contribution is 2.30. The van der Waals surface area contributed by atoms with Crippen molar-refractivity contribution < 1.29 is 17.9 Å². The molecule has 1 aliphatic heterocycles.